The lowest BCUT2D eigenvalue weighted by Crippen LogP contribution is -2.13. The fourth-order valence-electron chi connectivity index (χ4n) is 2.82. The second-order valence-electron chi connectivity index (χ2n) is 5.91. The van der Waals surface area contributed by atoms with Crippen LogP contribution in [0, 0.1) is 5.82 Å². The van der Waals surface area contributed by atoms with E-state index in [-0.39, 0.29) is 11.5 Å². The Kier molecular flexibility index (Phi) is 5.49. The van der Waals surface area contributed by atoms with Crippen LogP contribution >= 0.6 is 0 Å². The van der Waals surface area contributed by atoms with Gasteiger partial charge in [-0.15, -0.1) is 0 Å². The molecule has 1 N–H and O–H groups in total. The summed E-state index contributed by atoms with van der Waals surface area (Å²) in [4.78, 5) is 12.7. The second-order valence-corrected chi connectivity index (χ2v) is 5.91. The highest BCUT2D eigenvalue weighted by atomic mass is 19.1. The zero-order valence-corrected chi connectivity index (χ0v) is 15.9. The van der Waals surface area contributed by atoms with Gasteiger partial charge in [-0.05, 0) is 35.9 Å². The topological polar surface area (TPSA) is 74.6 Å². The van der Waals surface area contributed by atoms with Gasteiger partial charge in [0.15, 0.2) is 17.2 Å². The van der Waals surface area contributed by atoms with Gasteiger partial charge in [-0.25, -0.2) is 4.39 Å². The van der Waals surface area contributed by atoms with Crippen molar-refractivity contribution in [1.29, 1.82) is 0 Å². The summed E-state index contributed by atoms with van der Waals surface area (Å²) in [6.07, 6.45) is 0. The number of anilines is 1. The highest BCUT2D eigenvalue weighted by molar-refractivity contribution is 6.03. The predicted molar refractivity (Wildman–Crippen MR) is 103 cm³/mol. The average Bonchev–Trinajstić information content (AvgIpc) is 3.09. The first-order valence-electron chi connectivity index (χ1n) is 8.38. The van der Waals surface area contributed by atoms with Crippen molar-refractivity contribution in [3.05, 3.63) is 54.0 Å². The molecule has 0 aliphatic carbocycles. The minimum atomic E-state index is -0.404. The number of aromatic nitrogens is 2. The number of ether oxygens (including phenoxy) is 3. The number of nitrogens with one attached hydrogen (secondary N) is 1. The molecule has 0 bridgehead atoms. The number of hydrogen-bond donors (Lipinski definition) is 1. The maximum Gasteiger partial charge on any atom is 0.276 e. The van der Waals surface area contributed by atoms with Gasteiger partial charge in [0.2, 0.25) is 5.75 Å². The molecular weight excluding hydrogens is 365 g/mol. The summed E-state index contributed by atoms with van der Waals surface area (Å²) in [5, 5.41) is 7.02. The summed E-state index contributed by atoms with van der Waals surface area (Å²) < 4.78 is 30.6. The highest BCUT2D eigenvalue weighted by Gasteiger charge is 2.18. The molecule has 0 radical (unpaired) electrons. The van der Waals surface area contributed by atoms with Gasteiger partial charge in [-0.1, -0.05) is 0 Å². The Morgan fingerprint density at radius 3 is 2.14 bits per heavy atom. The standard InChI is InChI=1S/C20H20FN3O4/c1-24-16(12-5-7-13(21)8-6-12)11-15(23-24)20(25)22-14-9-17(26-2)19(28-4)18(10-14)27-3/h5-11H,1-4H3,(H,22,25). The Hall–Kier alpha value is -3.55. The molecule has 0 fully saturated rings. The van der Waals surface area contributed by atoms with Gasteiger partial charge >= 0.3 is 0 Å². The third-order valence-corrected chi connectivity index (χ3v) is 4.18. The van der Waals surface area contributed by atoms with E-state index in [0.717, 1.165) is 5.56 Å². The smallest absolute Gasteiger partial charge is 0.276 e. The Balaban J connectivity index is 1.88. The summed E-state index contributed by atoms with van der Waals surface area (Å²) in [6, 6.07) is 10.9. The predicted octanol–water partition coefficient (Wildman–Crippen LogP) is 3.50. The second kappa shape index (κ2) is 7.99. The fraction of sp³-hybridized carbons (Fsp3) is 0.200. The molecule has 3 aromatic rings. The Morgan fingerprint density at radius 2 is 1.61 bits per heavy atom. The van der Waals surface area contributed by atoms with Crippen LogP contribution in [-0.4, -0.2) is 37.0 Å². The van der Waals surface area contributed by atoms with E-state index in [2.05, 4.69) is 10.4 Å². The molecular formula is C20H20FN3O4. The van der Waals surface area contributed by atoms with Gasteiger partial charge < -0.3 is 19.5 Å². The van der Waals surface area contributed by atoms with Crippen molar-refractivity contribution in [2.24, 2.45) is 7.05 Å². The van der Waals surface area contributed by atoms with Crippen LogP contribution in [0.2, 0.25) is 0 Å². The lowest BCUT2D eigenvalue weighted by Gasteiger charge is -2.14. The SMILES string of the molecule is COc1cc(NC(=O)c2cc(-c3ccc(F)cc3)n(C)n2)cc(OC)c1OC. The van der Waals surface area contributed by atoms with Gasteiger partial charge in [0.05, 0.1) is 27.0 Å². The maximum atomic E-state index is 13.1. The molecule has 8 heteroatoms. The van der Waals surface area contributed by atoms with Crippen molar-refractivity contribution in [2.45, 2.75) is 0 Å². The molecule has 0 atom stereocenters. The maximum absolute atomic E-state index is 13.1. The van der Waals surface area contributed by atoms with Gasteiger partial charge in [0, 0.05) is 24.9 Å². The Morgan fingerprint density at radius 1 is 1.00 bits per heavy atom. The molecule has 28 heavy (non-hydrogen) atoms. The Labute approximate surface area is 161 Å². The largest absolute Gasteiger partial charge is 0.493 e. The first-order valence-corrected chi connectivity index (χ1v) is 8.38. The van der Waals surface area contributed by atoms with Crippen molar-refractivity contribution >= 4 is 11.6 Å². The van der Waals surface area contributed by atoms with E-state index in [0.29, 0.717) is 28.6 Å². The molecule has 1 aromatic heterocycles. The number of hydrogen-bond acceptors (Lipinski definition) is 5. The number of benzene rings is 2. The average molecular weight is 385 g/mol. The van der Waals surface area contributed by atoms with Crippen LogP contribution in [0.5, 0.6) is 17.2 Å². The number of halogens is 1. The van der Waals surface area contributed by atoms with E-state index >= 15 is 0 Å². The molecule has 7 nitrogen and oxygen atoms in total. The number of nitrogens with zero attached hydrogens (tertiary/aromatic N) is 2. The minimum absolute atomic E-state index is 0.218. The van der Waals surface area contributed by atoms with E-state index in [1.54, 1.807) is 42.1 Å². The number of aryl methyl sites for hydroxylation is 1. The molecule has 0 unspecified atom stereocenters. The van der Waals surface area contributed by atoms with Gasteiger partial charge in [-0.3, -0.25) is 9.48 Å². The summed E-state index contributed by atoms with van der Waals surface area (Å²) in [6.45, 7) is 0. The van der Waals surface area contributed by atoms with Crippen molar-refractivity contribution in [1.82, 2.24) is 9.78 Å². The highest BCUT2D eigenvalue weighted by Crippen LogP contribution is 2.40. The quantitative estimate of drug-likeness (QED) is 0.703. The van der Waals surface area contributed by atoms with Crippen LogP contribution in [0.3, 0.4) is 0 Å². The molecule has 0 aliphatic heterocycles. The Bertz CT molecular complexity index is 974. The monoisotopic (exact) mass is 385 g/mol. The van der Waals surface area contributed by atoms with Crippen LogP contribution in [0.25, 0.3) is 11.3 Å². The molecule has 146 valence electrons. The van der Waals surface area contributed by atoms with Crippen molar-refractivity contribution < 1.29 is 23.4 Å². The fourth-order valence-corrected chi connectivity index (χ4v) is 2.82. The van der Waals surface area contributed by atoms with Crippen molar-refractivity contribution in [3.63, 3.8) is 0 Å². The first kappa shape index (κ1) is 19.2. The van der Waals surface area contributed by atoms with Crippen LogP contribution in [-0.2, 0) is 7.05 Å². The molecule has 0 saturated carbocycles. The van der Waals surface area contributed by atoms with Crippen LogP contribution in [0.15, 0.2) is 42.5 Å². The lowest BCUT2D eigenvalue weighted by molar-refractivity contribution is 0.102. The summed E-state index contributed by atoms with van der Waals surface area (Å²) in [5.74, 6) is 0.541. The third kappa shape index (κ3) is 3.75. The summed E-state index contributed by atoms with van der Waals surface area (Å²) >= 11 is 0. The van der Waals surface area contributed by atoms with Crippen LogP contribution in [0.1, 0.15) is 10.5 Å². The lowest BCUT2D eigenvalue weighted by atomic mass is 10.1. The number of carbonyl (C=O) groups excluding carboxylic acids is 1. The van der Waals surface area contributed by atoms with E-state index < -0.39 is 5.91 Å². The molecule has 0 saturated heterocycles. The zero-order chi connectivity index (χ0) is 20.3. The normalized spacial score (nSPS) is 10.5. The molecule has 2 aromatic carbocycles. The van der Waals surface area contributed by atoms with Gasteiger partial charge in [-0.2, -0.15) is 5.10 Å². The summed E-state index contributed by atoms with van der Waals surface area (Å²) in [7, 11) is 6.21. The molecule has 1 amide bonds. The minimum Gasteiger partial charge on any atom is -0.493 e. The molecule has 0 aliphatic rings. The van der Waals surface area contributed by atoms with Crippen LogP contribution < -0.4 is 19.5 Å². The van der Waals surface area contributed by atoms with E-state index in [1.807, 2.05) is 0 Å². The van der Waals surface area contributed by atoms with E-state index in [4.69, 9.17) is 14.2 Å². The van der Waals surface area contributed by atoms with Crippen molar-refractivity contribution in [2.75, 3.05) is 26.6 Å². The van der Waals surface area contributed by atoms with Crippen molar-refractivity contribution in [3.8, 4) is 28.5 Å². The summed E-state index contributed by atoms with van der Waals surface area (Å²) in [5.41, 5.74) is 2.13. The molecule has 3 rings (SSSR count). The number of amides is 1. The van der Waals surface area contributed by atoms with Gasteiger partial charge in [0.25, 0.3) is 5.91 Å². The van der Waals surface area contributed by atoms with E-state index in [9.17, 15) is 9.18 Å². The number of carbonyl (C=O) groups is 1. The first-order chi connectivity index (χ1) is 13.5. The van der Waals surface area contributed by atoms with Crippen LogP contribution in [0.4, 0.5) is 10.1 Å². The molecule has 1 heterocycles. The van der Waals surface area contributed by atoms with Gasteiger partial charge in [0.1, 0.15) is 5.82 Å². The zero-order valence-electron chi connectivity index (χ0n) is 15.9. The third-order valence-electron chi connectivity index (χ3n) is 4.18. The number of rotatable bonds is 6. The number of methoxy groups -OCH3 is 3. The van der Waals surface area contributed by atoms with E-state index in [1.165, 1.54) is 33.5 Å². The molecule has 0 spiro atoms.